The second-order valence-electron chi connectivity index (χ2n) is 8.36. The third kappa shape index (κ3) is 4.57. The number of carbonyl (C=O) groups is 1. The van der Waals surface area contributed by atoms with Crippen LogP contribution in [0.1, 0.15) is 65.2 Å². The summed E-state index contributed by atoms with van der Waals surface area (Å²) in [5.74, 6) is 1.70. The van der Waals surface area contributed by atoms with Crippen LogP contribution in [0.4, 0.5) is 0 Å². The van der Waals surface area contributed by atoms with Crippen LogP contribution in [0.3, 0.4) is 0 Å². The Labute approximate surface area is 169 Å². The van der Waals surface area contributed by atoms with Crippen molar-refractivity contribution < 1.29 is 4.79 Å². The number of imidazole rings is 1. The van der Waals surface area contributed by atoms with Gasteiger partial charge < -0.3 is 9.47 Å². The largest absolute Gasteiger partial charge is 0.342 e. The fourth-order valence-electron chi connectivity index (χ4n) is 4.45. The van der Waals surface area contributed by atoms with E-state index in [0.717, 1.165) is 69.7 Å². The molecule has 0 aliphatic carbocycles. The highest BCUT2D eigenvalue weighted by Gasteiger charge is 2.28. The molecule has 0 radical (unpaired) electrons. The molecule has 1 aliphatic heterocycles. The molecule has 1 saturated heterocycles. The lowest BCUT2D eigenvalue weighted by Gasteiger charge is -2.34. The van der Waals surface area contributed by atoms with Crippen molar-refractivity contribution >= 4 is 16.9 Å². The number of carbonyl (C=O) groups excluding carboxylic acids is 1. The fraction of sp³-hybridized carbons (Fsp3) is 0.652. The molecule has 3 rings (SSSR count). The Morgan fingerprint density at radius 1 is 1.14 bits per heavy atom. The molecular weight excluding hydrogens is 348 g/mol. The Kier molecular flexibility index (Phi) is 7.11. The highest BCUT2D eigenvalue weighted by Crippen LogP contribution is 2.25. The summed E-state index contributed by atoms with van der Waals surface area (Å²) in [6, 6.07) is 8.78. The predicted octanol–water partition coefficient (Wildman–Crippen LogP) is 4.48. The Hall–Kier alpha value is -1.88. The van der Waals surface area contributed by atoms with E-state index in [2.05, 4.69) is 66.3 Å². The first-order chi connectivity index (χ1) is 13.5. The first-order valence-corrected chi connectivity index (χ1v) is 11.0. The molecule has 154 valence electrons. The normalized spacial score (nSPS) is 16.2. The molecule has 0 unspecified atom stereocenters. The monoisotopic (exact) mass is 384 g/mol. The summed E-state index contributed by atoms with van der Waals surface area (Å²) >= 11 is 0. The van der Waals surface area contributed by atoms with Gasteiger partial charge in [0, 0.05) is 25.0 Å². The van der Waals surface area contributed by atoms with E-state index in [1.54, 1.807) is 0 Å². The van der Waals surface area contributed by atoms with E-state index >= 15 is 0 Å². The molecule has 1 aliphatic rings. The number of para-hydroxylation sites is 2. The zero-order valence-corrected chi connectivity index (χ0v) is 18.0. The Morgan fingerprint density at radius 2 is 1.79 bits per heavy atom. The van der Waals surface area contributed by atoms with Gasteiger partial charge in [-0.25, -0.2) is 4.98 Å². The van der Waals surface area contributed by atoms with E-state index in [1.165, 1.54) is 5.52 Å². The van der Waals surface area contributed by atoms with Crippen LogP contribution < -0.4 is 0 Å². The second kappa shape index (κ2) is 9.55. The minimum absolute atomic E-state index is 0.193. The number of fused-ring (bicyclic) bond motifs is 1. The number of likely N-dealkylation sites (tertiary alicyclic amines) is 1. The molecular formula is C23H36N4O. The van der Waals surface area contributed by atoms with Gasteiger partial charge >= 0.3 is 0 Å². The molecule has 5 nitrogen and oxygen atoms in total. The number of nitrogens with zero attached hydrogens (tertiary/aromatic N) is 4. The molecule has 2 heterocycles. The molecule has 2 aromatic rings. The van der Waals surface area contributed by atoms with Crippen LogP contribution in [0.5, 0.6) is 0 Å². The molecule has 0 bridgehead atoms. The van der Waals surface area contributed by atoms with Gasteiger partial charge in [-0.2, -0.15) is 0 Å². The van der Waals surface area contributed by atoms with Gasteiger partial charge in [-0.1, -0.05) is 26.0 Å². The van der Waals surface area contributed by atoms with E-state index in [4.69, 9.17) is 4.98 Å². The minimum Gasteiger partial charge on any atom is -0.342 e. The zero-order chi connectivity index (χ0) is 20.1. The summed E-state index contributed by atoms with van der Waals surface area (Å²) in [4.78, 5) is 22.3. The van der Waals surface area contributed by atoms with Gasteiger partial charge in [0.25, 0.3) is 0 Å². The molecule has 1 aromatic carbocycles. The quantitative estimate of drug-likeness (QED) is 0.674. The maximum atomic E-state index is 12.9. The lowest BCUT2D eigenvalue weighted by Crippen LogP contribution is -2.43. The molecule has 1 amide bonds. The SMILES string of the molecule is CCCN(CCC)C(=O)C1CCN(Cc2nc3ccccc3n2C(C)C)CC1. The number of rotatable bonds is 8. The topological polar surface area (TPSA) is 41.4 Å². The number of hydrogen-bond donors (Lipinski definition) is 0. The van der Waals surface area contributed by atoms with Crippen LogP contribution in [-0.4, -0.2) is 51.4 Å². The van der Waals surface area contributed by atoms with Crippen LogP contribution in [0.25, 0.3) is 11.0 Å². The average molecular weight is 385 g/mol. The second-order valence-corrected chi connectivity index (χ2v) is 8.36. The van der Waals surface area contributed by atoms with Gasteiger partial charge in [0.05, 0.1) is 17.6 Å². The highest BCUT2D eigenvalue weighted by atomic mass is 16.2. The third-order valence-electron chi connectivity index (χ3n) is 5.79. The standard InChI is InChI=1S/C23H36N4O/c1-5-13-26(14-6-2)23(28)19-11-15-25(16-12-19)17-22-24-20-9-7-8-10-21(20)27(22)18(3)4/h7-10,18-19H,5-6,11-17H2,1-4H3. The van der Waals surface area contributed by atoms with Gasteiger partial charge in [-0.15, -0.1) is 0 Å². The van der Waals surface area contributed by atoms with Crippen molar-refractivity contribution in [2.75, 3.05) is 26.2 Å². The average Bonchev–Trinajstić information content (AvgIpc) is 3.06. The van der Waals surface area contributed by atoms with Crippen molar-refractivity contribution in [2.45, 2.75) is 66.0 Å². The first-order valence-electron chi connectivity index (χ1n) is 11.0. The summed E-state index contributed by atoms with van der Waals surface area (Å²) in [6.07, 6.45) is 4.00. The van der Waals surface area contributed by atoms with Gasteiger partial charge in [0.1, 0.15) is 5.82 Å². The Morgan fingerprint density at radius 3 is 2.39 bits per heavy atom. The summed E-state index contributed by atoms with van der Waals surface area (Å²) in [6.45, 7) is 13.3. The van der Waals surface area contributed by atoms with Crippen LogP contribution in [0.15, 0.2) is 24.3 Å². The molecule has 1 fully saturated rings. The zero-order valence-electron chi connectivity index (χ0n) is 18.0. The predicted molar refractivity (Wildman–Crippen MR) is 115 cm³/mol. The van der Waals surface area contributed by atoms with Gasteiger partial charge in [0.15, 0.2) is 0 Å². The Bertz CT molecular complexity index is 768. The number of piperidine rings is 1. The van der Waals surface area contributed by atoms with Gasteiger partial charge in [-0.05, 0) is 64.8 Å². The summed E-state index contributed by atoms with van der Waals surface area (Å²) in [7, 11) is 0. The lowest BCUT2D eigenvalue weighted by atomic mass is 9.95. The molecule has 5 heteroatoms. The fourth-order valence-corrected chi connectivity index (χ4v) is 4.45. The highest BCUT2D eigenvalue weighted by molar-refractivity contribution is 5.79. The van der Waals surface area contributed by atoms with Crippen molar-refractivity contribution in [1.29, 1.82) is 0 Å². The van der Waals surface area contributed by atoms with Crippen molar-refractivity contribution in [3.05, 3.63) is 30.1 Å². The van der Waals surface area contributed by atoms with E-state index in [1.807, 2.05) is 0 Å². The first kappa shape index (κ1) is 20.8. The van der Waals surface area contributed by atoms with E-state index in [9.17, 15) is 4.79 Å². The maximum Gasteiger partial charge on any atom is 0.225 e. The maximum absolute atomic E-state index is 12.9. The lowest BCUT2D eigenvalue weighted by molar-refractivity contribution is -0.137. The van der Waals surface area contributed by atoms with Gasteiger partial charge in [0.2, 0.25) is 5.91 Å². The van der Waals surface area contributed by atoms with E-state index in [0.29, 0.717) is 11.9 Å². The molecule has 28 heavy (non-hydrogen) atoms. The molecule has 0 atom stereocenters. The number of amides is 1. The molecule has 0 saturated carbocycles. The summed E-state index contributed by atoms with van der Waals surface area (Å²) < 4.78 is 2.36. The molecule has 0 spiro atoms. The van der Waals surface area contributed by atoms with E-state index in [-0.39, 0.29) is 5.92 Å². The third-order valence-corrected chi connectivity index (χ3v) is 5.79. The number of benzene rings is 1. The molecule has 0 N–H and O–H groups in total. The van der Waals surface area contributed by atoms with Crippen molar-refractivity contribution in [2.24, 2.45) is 5.92 Å². The minimum atomic E-state index is 0.193. The number of aromatic nitrogens is 2. The van der Waals surface area contributed by atoms with Crippen molar-refractivity contribution in [3.63, 3.8) is 0 Å². The van der Waals surface area contributed by atoms with Crippen molar-refractivity contribution in [3.8, 4) is 0 Å². The smallest absolute Gasteiger partial charge is 0.225 e. The van der Waals surface area contributed by atoms with E-state index < -0.39 is 0 Å². The summed E-state index contributed by atoms with van der Waals surface area (Å²) in [5.41, 5.74) is 2.29. The number of hydrogen-bond acceptors (Lipinski definition) is 3. The van der Waals surface area contributed by atoms with Gasteiger partial charge in [-0.3, -0.25) is 9.69 Å². The van der Waals surface area contributed by atoms with Crippen LogP contribution in [0.2, 0.25) is 0 Å². The van der Waals surface area contributed by atoms with Crippen LogP contribution in [0, 0.1) is 5.92 Å². The molecule has 1 aromatic heterocycles. The summed E-state index contributed by atoms with van der Waals surface area (Å²) in [5, 5.41) is 0. The Balaban J connectivity index is 1.64. The van der Waals surface area contributed by atoms with Crippen LogP contribution >= 0.6 is 0 Å². The van der Waals surface area contributed by atoms with Crippen LogP contribution in [-0.2, 0) is 11.3 Å². The van der Waals surface area contributed by atoms with Crippen molar-refractivity contribution in [1.82, 2.24) is 19.4 Å².